The van der Waals surface area contributed by atoms with Crippen LogP contribution in [0.5, 0.6) is 5.75 Å². The Morgan fingerprint density at radius 1 is 1.22 bits per heavy atom. The van der Waals surface area contributed by atoms with Gasteiger partial charge < -0.3 is 10.1 Å². The van der Waals surface area contributed by atoms with Crippen molar-refractivity contribution in [3.05, 3.63) is 29.8 Å². The Morgan fingerprint density at radius 3 is 2.78 bits per heavy atom. The first-order valence-electron chi connectivity index (χ1n) is 7.20. The van der Waals surface area contributed by atoms with E-state index in [-0.39, 0.29) is 0 Å². The Hall–Kier alpha value is -1.02. The van der Waals surface area contributed by atoms with Gasteiger partial charge in [-0.2, -0.15) is 0 Å². The lowest BCUT2D eigenvalue weighted by Crippen LogP contribution is -2.37. The van der Waals surface area contributed by atoms with Crippen molar-refractivity contribution in [1.29, 1.82) is 0 Å². The van der Waals surface area contributed by atoms with E-state index < -0.39 is 0 Å². The fraction of sp³-hybridized carbons (Fsp3) is 0.625. The molecular weight excluding hydrogens is 222 g/mol. The predicted molar refractivity (Wildman–Crippen MR) is 75.9 cm³/mol. The summed E-state index contributed by atoms with van der Waals surface area (Å²) in [6.07, 6.45) is 6.79. The second kappa shape index (κ2) is 6.79. The zero-order chi connectivity index (χ0) is 12.8. The molecule has 0 spiro atoms. The summed E-state index contributed by atoms with van der Waals surface area (Å²) in [4.78, 5) is 0. The summed E-state index contributed by atoms with van der Waals surface area (Å²) in [5.74, 6) is 1.85. The molecule has 0 unspecified atom stereocenters. The third-order valence-corrected chi connectivity index (χ3v) is 4.18. The average Bonchev–Trinajstić information content (AvgIpc) is 2.45. The van der Waals surface area contributed by atoms with Crippen LogP contribution in [0.25, 0.3) is 0 Å². The molecule has 0 aliphatic heterocycles. The van der Waals surface area contributed by atoms with E-state index in [9.17, 15) is 0 Å². The molecule has 1 N–H and O–H groups in total. The van der Waals surface area contributed by atoms with Crippen LogP contribution in [0.4, 0.5) is 0 Å². The van der Waals surface area contributed by atoms with Gasteiger partial charge in [-0.1, -0.05) is 44.4 Å². The molecule has 0 aromatic heterocycles. The van der Waals surface area contributed by atoms with E-state index in [2.05, 4.69) is 24.4 Å². The summed E-state index contributed by atoms with van der Waals surface area (Å²) in [6, 6.07) is 8.98. The third-order valence-electron chi connectivity index (χ3n) is 4.18. The van der Waals surface area contributed by atoms with Crippen LogP contribution in [0.1, 0.15) is 44.6 Å². The van der Waals surface area contributed by atoms with Gasteiger partial charge in [0, 0.05) is 18.2 Å². The van der Waals surface area contributed by atoms with E-state index in [1.807, 2.05) is 12.1 Å². The van der Waals surface area contributed by atoms with E-state index in [0.717, 1.165) is 18.2 Å². The Kier molecular flexibility index (Phi) is 5.06. The molecule has 1 saturated carbocycles. The van der Waals surface area contributed by atoms with Gasteiger partial charge in [0.1, 0.15) is 5.75 Å². The van der Waals surface area contributed by atoms with Crippen LogP contribution in [-0.4, -0.2) is 13.2 Å². The van der Waals surface area contributed by atoms with Gasteiger partial charge in [-0.15, -0.1) is 0 Å². The topological polar surface area (TPSA) is 21.3 Å². The van der Waals surface area contributed by atoms with Crippen LogP contribution in [-0.2, 0) is 6.54 Å². The van der Waals surface area contributed by atoms with Crippen molar-refractivity contribution in [2.24, 2.45) is 5.92 Å². The van der Waals surface area contributed by atoms with Gasteiger partial charge in [-0.3, -0.25) is 0 Å². The molecule has 1 aliphatic rings. The Balaban J connectivity index is 1.93. The number of hydrogen-bond donors (Lipinski definition) is 1. The maximum absolute atomic E-state index is 5.40. The Labute approximate surface area is 111 Å². The lowest BCUT2D eigenvalue weighted by atomic mass is 9.83. The molecule has 0 bridgehead atoms. The minimum atomic E-state index is 0.689. The van der Waals surface area contributed by atoms with Crippen molar-refractivity contribution in [3.8, 4) is 5.75 Å². The van der Waals surface area contributed by atoms with E-state index >= 15 is 0 Å². The fourth-order valence-electron chi connectivity index (χ4n) is 3.06. The van der Waals surface area contributed by atoms with Gasteiger partial charge in [0.05, 0.1) is 7.11 Å². The van der Waals surface area contributed by atoms with Crippen molar-refractivity contribution < 1.29 is 4.74 Å². The molecule has 2 nitrogen and oxygen atoms in total. The van der Waals surface area contributed by atoms with Crippen molar-refractivity contribution >= 4 is 0 Å². The Morgan fingerprint density at radius 2 is 2.00 bits per heavy atom. The number of hydrogen-bond acceptors (Lipinski definition) is 2. The van der Waals surface area contributed by atoms with Gasteiger partial charge >= 0.3 is 0 Å². The van der Waals surface area contributed by atoms with Crippen LogP contribution in [0.2, 0.25) is 0 Å². The fourth-order valence-corrected chi connectivity index (χ4v) is 3.06. The zero-order valence-corrected chi connectivity index (χ0v) is 11.6. The van der Waals surface area contributed by atoms with Crippen LogP contribution in [0.3, 0.4) is 0 Å². The van der Waals surface area contributed by atoms with Gasteiger partial charge in [-0.05, 0) is 24.8 Å². The quantitative estimate of drug-likeness (QED) is 0.855. The van der Waals surface area contributed by atoms with Crippen LogP contribution in [0, 0.1) is 5.92 Å². The van der Waals surface area contributed by atoms with Crippen LogP contribution >= 0.6 is 0 Å². The lowest BCUT2D eigenvalue weighted by molar-refractivity contribution is 0.253. The van der Waals surface area contributed by atoms with E-state index in [0.29, 0.717) is 6.04 Å². The number of para-hydroxylation sites is 1. The molecule has 1 aromatic rings. The molecule has 1 aliphatic carbocycles. The smallest absolute Gasteiger partial charge is 0.123 e. The molecule has 18 heavy (non-hydrogen) atoms. The normalized spacial score (nSPS) is 23.9. The lowest BCUT2D eigenvalue weighted by Gasteiger charge is -2.31. The zero-order valence-electron chi connectivity index (χ0n) is 11.6. The van der Waals surface area contributed by atoms with Crippen molar-refractivity contribution in [3.63, 3.8) is 0 Å². The van der Waals surface area contributed by atoms with Gasteiger partial charge in [-0.25, -0.2) is 0 Å². The van der Waals surface area contributed by atoms with Crippen molar-refractivity contribution in [2.45, 2.75) is 51.6 Å². The number of benzene rings is 1. The first-order chi connectivity index (χ1) is 8.85. The molecular formula is C16H25NO. The molecule has 1 fully saturated rings. The molecule has 0 radical (unpaired) electrons. The number of nitrogens with one attached hydrogen (secondary N) is 1. The van der Waals surface area contributed by atoms with Crippen molar-refractivity contribution in [2.75, 3.05) is 7.11 Å². The second-order valence-electron chi connectivity index (χ2n) is 5.25. The first kappa shape index (κ1) is 13.4. The molecule has 0 saturated heterocycles. The van der Waals surface area contributed by atoms with Gasteiger partial charge in [0.25, 0.3) is 0 Å². The second-order valence-corrected chi connectivity index (χ2v) is 5.25. The molecule has 2 atom stereocenters. The minimum Gasteiger partial charge on any atom is -0.496 e. The standard InChI is InChI=1S/C16H25NO/c1-3-13-8-4-6-10-15(13)17-12-14-9-5-7-11-16(14)18-2/h5,7,9,11,13,15,17H,3-4,6,8,10,12H2,1-2H3/t13-,15-/m1/s1. The molecule has 0 amide bonds. The van der Waals surface area contributed by atoms with Gasteiger partial charge in [0.2, 0.25) is 0 Å². The van der Waals surface area contributed by atoms with E-state index in [1.54, 1.807) is 7.11 Å². The SMILES string of the molecule is CC[C@@H]1CCCC[C@H]1NCc1ccccc1OC. The highest BCUT2D eigenvalue weighted by Crippen LogP contribution is 2.27. The van der Waals surface area contributed by atoms with E-state index in [4.69, 9.17) is 4.74 Å². The molecule has 100 valence electrons. The Bertz CT molecular complexity index is 364. The highest BCUT2D eigenvalue weighted by Gasteiger charge is 2.23. The van der Waals surface area contributed by atoms with Crippen LogP contribution < -0.4 is 10.1 Å². The first-order valence-corrected chi connectivity index (χ1v) is 7.20. The summed E-state index contributed by atoms with van der Waals surface area (Å²) in [6.45, 7) is 3.24. The number of ether oxygens (including phenoxy) is 1. The minimum absolute atomic E-state index is 0.689. The summed E-state index contributed by atoms with van der Waals surface area (Å²) in [7, 11) is 1.74. The van der Waals surface area contributed by atoms with Crippen molar-refractivity contribution in [1.82, 2.24) is 5.32 Å². The average molecular weight is 247 g/mol. The summed E-state index contributed by atoms with van der Waals surface area (Å²) >= 11 is 0. The molecule has 2 rings (SSSR count). The van der Waals surface area contributed by atoms with E-state index in [1.165, 1.54) is 37.7 Å². The number of rotatable bonds is 5. The predicted octanol–water partition coefficient (Wildman–Crippen LogP) is 3.75. The summed E-state index contributed by atoms with van der Waals surface area (Å²) in [5, 5.41) is 3.73. The highest BCUT2D eigenvalue weighted by molar-refractivity contribution is 5.33. The number of methoxy groups -OCH3 is 1. The monoisotopic (exact) mass is 247 g/mol. The maximum atomic E-state index is 5.40. The summed E-state index contributed by atoms with van der Waals surface area (Å²) in [5.41, 5.74) is 1.26. The van der Waals surface area contributed by atoms with Gasteiger partial charge in [0.15, 0.2) is 0 Å². The molecule has 0 heterocycles. The third kappa shape index (κ3) is 3.26. The highest BCUT2D eigenvalue weighted by atomic mass is 16.5. The maximum Gasteiger partial charge on any atom is 0.123 e. The summed E-state index contributed by atoms with van der Waals surface area (Å²) < 4.78 is 5.40. The largest absolute Gasteiger partial charge is 0.496 e. The molecule has 1 aromatic carbocycles. The molecule has 2 heteroatoms. The van der Waals surface area contributed by atoms with Crippen LogP contribution in [0.15, 0.2) is 24.3 Å².